The molecule has 1 N–H and O–H groups in total. The van der Waals surface area contributed by atoms with E-state index in [1.165, 1.54) is 9.21 Å². The number of carboxylic acids is 1. The van der Waals surface area contributed by atoms with Crippen molar-refractivity contribution in [3.05, 3.63) is 29.8 Å². The molecule has 1 unspecified atom stereocenters. The molecule has 1 aromatic rings. The zero-order valence-corrected chi connectivity index (χ0v) is 12.1. The summed E-state index contributed by atoms with van der Waals surface area (Å²) >= 11 is 2.07. The van der Waals surface area contributed by atoms with E-state index in [9.17, 15) is 4.79 Å². The maximum atomic E-state index is 10.9. The number of carboxylic acid groups (broad SMARTS) is 1. The van der Waals surface area contributed by atoms with E-state index in [0.717, 1.165) is 24.2 Å². The Labute approximate surface area is 117 Å². The van der Waals surface area contributed by atoms with E-state index in [2.05, 4.69) is 21.2 Å². The van der Waals surface area contributed by atoms with Crippen LogP contribution in [0.25, 0.3) is 0 Å². The molecule has 0 heterocycles. The Balaban J connectivity index is 2.16. The van der Waals surface area contributed by atoms with E-state index < -0.39 is 5.97 Å². The molecule has 1 aliphatic carbocycles. The Bertz CT molecular complexity index is 406. The van der Waals surface area contributed by atoms with Crippen LogP contribution in [0.4, 0.5) is 0 Å². The first-order valence-corrected chi connectivity index (χ1v) is 8.76. The first-order chi connectivity index (χ1) is 8.20. The van der Waals surface area contributed by atoms with Gasteiger partial charge in [0.2, 0.25) is 0 Å². The maximum Gasteiger partial charge on any atom is 0.303 e. The van der Waals surface area contributed by atoms with E-state index in [1.54, 1.807) is 0 Å². The summed E-state index contributed by atoms with van der Waals surface area (Å²) in [5, 5.41) is 8.96. The molecule has 0 aliphatic heterocycles. The second-order valence-corrected chi connectivity index (χ2v) is 5.63. The number of aliphatic carboxylic acids is 1. The quantitative estimate of drug-likeness (QED) is 0.612. The molecule has 0 spiro atoms. The minimum Gasteiger partial charge on any atom is -0.481 e. The van der Waals surface area contributed by atoms with Crippen LogP contribution in [0.2, 0.25) is 0 Å². The smallest absolute Gasteiger partial charge is 0.303 e. The van der Waals surface area contributed by atoms with E-state index in [-0.39, 0.29) is 12.3 Å². The minimum absolute atomic E-state index is 0.135. The fourth-order valence-electron chi connectivity index (χ4n) is 2.08. The summed E-state index contributed by atoms with van der Waals surface area (Å²) in [6.07, 6.45) is 2.50. The molecule has 3 nitrogen and oxygen atoms in total. The summed E-state index contributed by atoms with van der Waals surface area (Å²) in [5.41, 5.74) is 1.08. The summed E-state index contributed by atoms with van der Waals surface area (Å²) in [7, 11) is 1.27. The lowest BCUT2D eigenvalue weighted by atomic mass is 9.91. The van der Waals surface area contributed by atoms with E-state index in [4.69, 9.17) is 9.29 Å². The molecule has 0 aromatic heterocycles. The van der Waals surface area contributed by atoms with E-state index in [1.807, 2.05) is 24.3 Å². The SMILES string of the molecule is O=C(O)CC(c1cccc(OSI)c1)C1CC1. The lowest BCUT2D eigenvalue weighted by molar-refractivity contribution is -0.137. The summed E-state index contributed by atoms with van der Waals surface area (Å²) in [6.45, 7) is 0. The van der Waals surface area contributed by atoms with Crippen LogP contribution >= 0.6 is 30.4 Å². The first-order valence-electron chi connectivity index (χ1n) is 5.47. The van der Waals surface area contributed by atoms with Gasteiger partial charge in [0.25, 0.3) is 0 Å². The maximum absolute atomic E-state index is 10.9. The third kappa shape index (κ3) is 3.77. The minimum atomic E-state index is -0.725. The Hall–Kier alpha value is -0.430. The van der Waals surface area contributed by atoms with Crippen molar-refractivity contribution in [2.24, 2.45) is 5.92 Å². The molecule has 1 fully saturated rings. The van der Waals surface area contributed by atoms with Crippen LogP contribution in [0, 0.1) is 5.92 Å². The van der Waals surface area contributed by atoms with Crippen LogP contribution in [0.1, 0.15) is 30.7 Å². The monoisotopic (exact) mass is 364 g/mol. The molecule has 5 heteroatoms. The van der Waals surface area contributed by atoms with Crippen LogP contribution < -0.4 is 4.18 Å². The summed E-state index contributed by atoms with van der Waals surface area (Å²) in [5.74, 6) is 0.735. The molecule has 2 rings (SSSR count). The summed E-state index contributed by atoms with van der Waals surface area (Å²) < 4.78 is 5.36. The van der Waals surface area contributed by atoms with Gasteiger partial charge in [0.15, 0.2) is 0 Å². The fraction of sp³-hybridized carbons (Fsp3) is 0.417. The van der Waals surface area contributed by atoms with Crippen LogP contribution in [0.15, 0.2) is 24.3 Å². The van der Waals surface area contributed by atoms with Crippen molar-refractivity contribution in [3.63, 3.8) is 0 Å². The molecule has 0 saturated heterocycles. The number of benzene rings is 1. The van der Waals surface area contributed by atoms with E-state index in [0.29, 0.717) is 5.92 Å². The van der Waals surface area contributed by atoms with Crippen molar-refractivity contribution < 1.29 is 14.1 Å². The number of carbonyl (C=O) groups is 1. The lowest BCUT2D eigenvalue weighted by Crippen LogP contribution is -2.08. The second kappa shape index (κ2) is 5.95. The van der Waals surface area contributed by atoms with Gasteiger partial charge in [-0.15, -0.1) is 0 Å². The average Bonchev–Trinajstić information content (AvgIpc) is 3.10. The molecule has 0 amide bonds. The van der Waals surface area contributed by atoms with Gasteiger partial charge < -0.3 is 9.29 Å². The van der Waals surface area contributed by atoms with Gasteiger partial charge in [-0.3, -0.25) is 4.79 Å². The number of hydrogen-bond acceptors (Lipinski definition) is 3. The van der Waals surface area contributed by atoms with Crippen molar-refractivity contribution in [3.8, 4) is 5.75 Å². The van der Waals surface area contributed by atoms with Crippen molar-refractivity contribution in [2.45, 2.75) is 25.2 Å². The van der Waals surface area contributed by atoms with E-state index >= 15 is 0 Å². The number of hydrogen-bond donors (Lipinski definition) is 1. The number of halogens is 1. The van der Waals surface area contributed by atoms with Crippen molar-refractivity contribution >= 4 is 36.4 Å². The third-order valence-electron chi connectivity index (χ3n) is 3.00. The Morgan fingerprint density at radius 3 is 2.94 bits per heavy atom. The Morgan fingerprint density at radius 2 is 2.35 bits per heavy atom. The largest absolute Gasteiger partial charge is 0.481 e. The van der Waals surface area contributed by atoms with Crippen LogP contribution in [-0.2, 0) is 4.79 Å². The van der Waals surface area contributed by atoms with Gasteiger partial charge in [-0.2, -0.15) is 0 Å². The second-order valence-electron chi connectivity index (χ2n) is 4.26. The molecule has 1 atom stereocenters. The highest BCUT2D eigenvalue weighted by atomic mass is 127. The highest BCUT2D eigenvalue weighted by Crippen LogP contribution is 2.45. The molecule has 0 bridgehead atoms. The fourth-order valence-corrected chi connectivity index (χ4v) is 2.88. The Kier molecular flexibility index (Phi) is 4.55. The van der Waals surface area contributed by atoms with Crippen LogP contribution in [0.3, 0.4) is 0 Å². The molecule has 1 aromatic carbocycles. The lowest BCUT2D eigenvalue weighted by Gasteiger charge is -2.15. The molecule has 92 valence electrons. The normalized spacial score (nSPS) is 16.5. The summed E-state index contributed by atoms with van der Waals surface area (Å²) in [6, 6.07) is 7.77. The zero-order chi connectivity index (χ0) is 12.3. The molecule has 1 aliphatic rings. The van der Waals surface area contributed by atoms with Gasteiger partial charge in [-0.05, 0) is 42.4 Å². The average molecular weight is 364 g/mol. The summed E-state index contributed by atoms with van der Waals surface area (Å²) in [4.78, 5) is 10.9. The van der Waals surface area contributed by atoms with Crippen molar-refractivity contribution in [1.82, 2.24) is 0 Å². The highest BCUT2D eigenvalue weighted by Gasteiger charge is 2.33. The topological polar surface area (TPSA) is 46.5 Å². The predicted octanol–water partition coefficient (Wildman–Crippen LogP) is 4.03. The van der Waals surface area contributed by atoms with Crippen LogP contribution in [0.5, 0.6) is 5.75 Å². The van der Waals surface area contributed by atoms with Gasteiger partial charge in [0.1, 0.15) is 15.0 Å². The number of rotatable bonds is 6. The van der Waals surface area contributed by atoms with Crippen molar-refractivity contribution in [2.75, 3.05) is 0 Å². The van der Waals surface area contributed by atoms with Gasteiger partial charge in [-0.25, -0.2) is 0 Å². The first kappa shape index (κ1) is 13.0. The standard InChI is InChI=1S/C12H13IO3S/c13-17-16-10-3-1-2-9(6-10)11(7-12(14)15)8-4-5-8/h1-3,6,8,11H,4-5,7H2,(H,14,15). The molecule has 1 saturated carbocycles. The van der Waals surface area contributed by atoms with Crippen molar-refractivity contribution in [1.29, 1.82) is 0 Å². The van der Waals surface area contributed by atoms with Crippen LogP contribution in [-0.4, -0.2) is 11.1 Å². The van der Waals surface area contributed by atoms with Gasteiger partial charge in [0, 0.05) is 21.2 Å². The highest BCUT2D eigenvalue weighted by molar-refractivity contribution is 14.2. The molecule has 0 radical (unpaired) electrons. The Morgan fingerprint density at radius 1 is 1.59 bits per heavy atom. The third-order valence-corrected chi connectivity index (χ3v) is 3.79. The zero-order valence-electron chi connectivity index (χ0n) is 9.14. The van der Waals surface area contributed by atoms with Gasteiger partial charge in [-0.1, -0.05) is 12.1 Å². The predicted molar refractivity (Wildman–Crippen MR) is 76.4 cm³/mol. The molecular formula is C12H13IO3S. The van der Waals surface area contributed by atoms with Gasteiger partial charge in [0.05, 0.1) is 6.42 Å². The van der Waals surface area contributed by atoms with Gasteiger partial charge >= 0.3 is 5.97 Å². The molecular weight excluding hydrogens is 351 g/mol. The molecule has 17 heavy (non-hydrogen) atoms.